The van der Waals surface area contributed by atoms with E-state index in [1.54, 1.807) is 17.8 Å². The Morgan fingerprint density at radius 3 is 2.56 bits per heavy atom. The second kappa shape index (κ2) is 6.26. The molecule has 0 fully saturated rings. The van der Waals surface area contributed by atoms with Crippen molar-refractivity contribution in [2.45, 2.75) is 37.3 Å². The molecule has 1 aromatic carbocycles. The van der Waals surface area contributed by atoms with Gasteiger partial charge in [-0.2, -0.15) is 0 Å². The molecule has 0 radical (unpaired) electrons. The maximum Gasteiger partial charge on any atom is 0.123 e. The molecule has 0 aliphatic rings. The molecule has 16 heavy (non-hydrogen) atoms. The Bertz CT molecular complexity index is 339. The van der Waals surface area contributed by atoms with Crippen molar-refractivity contribution in [1.82, 2.24) is 0 Å². The minimum Gasteiger partial charge on any atom is -0.330 e. The topological polar surface area (TPSA) is 26.0 Å². The van der Waals surface area contributed by atoms with E-state index in [9.17, 15) is 4.39 Å². The molecule has 1 nitrogen and oxygen atoms in total. The fraction of sp³-hybridized carbons (Fsp3) is 0.538. The molecule has 90 valence electrons. The Balaban J connectivity index is 2.85. The zero-order chi connectivity index (χ0) is 12.1. The Kier molecular flexibility index (Phi) is 5.29. The van der Waals surface area contributed by atoms with E-state index in [4.69, 9.17) is 5.73 Å². The van der Waals surface area contributed by atoms with Crippen LogP contribution in [0.15, 0.2) is 23.1 Å². The molecule has 1 atom stereocenters. The van der Waals surface area contributed by atoms with Crippen molar-refractivity contribution < 1.29 is 4.39 Å². The third-order valence-electron chi connectivity index (χ3n) is 2.69. The Hall–Kier alpha value is -0.540. The molecule has 0 amide bonds. The van der Waals surface area contributed by atoms with Gasteiger partial charge in [-0.1, -0.05) is 20.8 Å². The van der Waals surface area contributed by atoms with Gasteiger partial charge in [-0.15, -0.1) is 11.8 Å². The average molecular weight is 241 g/mol. The Labute approximate surface area is 102 Å². The van der Waals surface area contributed by atoms with Gasteiger partial charge in [0.05, 0.1) is 0 Å². The van der Waals surface area contributed by atoms with E-state index < -0.39 is 0 Å². The maximum absolute atomic E-state index is 13.1. The summed E-state index contributed by atoms with van der Waals surface area (Å²) in [6.07, 6.45) is 0.741. The minimum absolute atomic E-state index is 0.176. The van der Waals surface area contributed by atoms with Crippen LogP contribution in [0.4, 0.5) is 4.39 Å². The highest BCUT2D eigenvalue weighted by Gasteiger charge is 2.12. The van der Waals surface area contributed by atoms with Gasteiger partial charge in [0.25, 0.3) is 0 Å². The summed E-state index contributed by atoms with van der Waals surface area (Å²) in [6, 6.07) is 4.99. The lowest BCUT2D eigenvalue weighted by molar-refractivity contribution is 0.622. The third kappa shape index (κ3) is 3.80. The van der Waals surface area contributed by atoms with Gasteiger partial charge in [0.1, 0.15) is 5.82 Å². The first-order valence-corrected chi connectivity index (χ1v) is 6.57. The van der Waals surface area contributed by atoms with E-state index in [1.165, 1.54) is 6.07 Å². The van der Waals surface area contributed by atoms with Gasteiger partial charge in [-0.3, -0.25) is 0 Å². The highest BCUT2D eigenvalue weighted by molar-refractivity contribution is 8.00. The summed E-state index contributed by atoms with van der Waals surface area (Å²) in [6.45, 7) is 7.16. The lowest BCUT2D eigenvalue weighted by Gasteiger charge is -2.17. The maximum atomic E-state index is 13.1. The first-order valence-electron chi connectivity index (χ1n) is 5.69. The molecule has 1 unspecified atom stereocenters. The summed E-state index contributed by atoms with van der Waals surface area (Å²) in [5.41, 5.74) is 6.57. The molecule has 0 aliphatic carbocycles. The first kappa shape index (κ1) is 13.5. The molecule has 0 heterocycles. The molecule has 1 rings (SSSR count). The third-order valence-corrected chi connectivity index (χ3v) is 4.26. The Morgan fingerprint density at radius 1 is 1.31 bits per heavy atom. The van der Waals surface area contributed by atoms with Crippen molar-refractivity contribution in [1.29, 1.82) is 0 Å². The van der Waals surface area contributed by atoms with Crippen LogP contribution in [0.1, 0.15) is 26.3 Å². The van der Waals surface area contributed by atoms with Gasteiger partial charge < -0.3 is 5.73 Å². The number of hydrogen-bond donors (Lipinski definition) is 1. The summed E-state index contributed by atoms with van der Waals surface area (Å²) in [4.78, 5) is 1.16. The fourth-order valence-corrected chi connectivity index (χ4v) is 2.48. The van der Waals surface area contributed by atoms with Gasteiger partial charge in [0.15, 0.2) is 0 Å². The number of rotatable bonds is 5. The molecule has 2 N–H and O–H groups in total. The molecular weight excluding hydrogens is 221 g/mol. The zero-order valence-electron chi connectivity index (χ0n) is 10.2. The van der Waals surface area contributed by atoms with E-state index in [0.717, 1.165) is 16.9 Å². The number of benzene rings is 1. The summed E-state index contributed by atoms with van der Waals surface area (Å²) < 4.78 is 13.1. The smallest absolute Gasteiger partial charge is 0.123 e. The van der Waals surface area contributed by atoms with Gasteiger partial charge >= 0.3 is 0 Å². The second-order valence-electron chi connectivity index (χ2n) is 4.36. The van der Waals surface area contributed by atoms with Crippen LogP contribution in [0, 0.1) is 11.7 Å². The van der Waals surface area contributed by atoms with Gasteiger partial charge in [-0.25, -0.2) is 4.39 Å². The van der Waals surface area contributed by atoms with Crippen molar-refractivity contribution >= 4 is 11.8 Å². The predicted molar refractivity (Wildman–Crippen MR) is 69.3 cm³/mol. The molecular formula is C13H20FNS. The second-order valence-corrected chi connectivity index (χ2v) is 5.78. The zero-order valence-corrected chi connectivity index (χ0v) is 11.0. The van der Waals surface area contributed by atoms with E-state index in [0.29, 0.717) is 17.7 Å². The largest absolute Gasteiger partial charge is 0.330 e. The van der Waals surface area contributed by atoms with Crippen molar-refractivity contribution in [3.63, 3.8) is 0 Å². The summed E-state index contributed by atoms with van der Waals surface area (Å²) in [5, 5.41) is 0.530. The molecule has 0 aromatic heterocycles. The van der Waals surface area contributed by atoms with E-state index in [1.807, 2.05) is 6.07 Å². The lowest BCUT2D eigenvalue weighted by atomic mass is 10.1. The van der Waals surface area contributed by atoms with E-state index >= 15 is 0 Å². The van der Waals surface area contributed by atoms with E-state index in [2.05, 4.69) is 20.8 Å². The normalized spacial score (nSPS) is 13.1. The number of halogens is 1. The highest BCUT2D eigenvalue weighted by Crippen LogP contribution is 2.31. The number of nitrogens with two attached hydrogens (primary N) is 1. The molecule has 0 aliphatic heterocycles. The van der Waals surface area contributed by atoms with Crippen molar-refractivity contribution in [2.75, 3.05) is 6.54 Å². The monoisotopic (exact) mass is 241 g/mol. The number of thioether (sulfide) groups is 1. The molecule has 3 heteroatoms. The lowest BCUT2D eigenvalue weighted by Crippen LogP contribution is -2.08. The fourth-order valence-electron chi connectivity index (χ4n) is 1.35. The quantitative estimate of drug-likeness (QED) is 0.799. The standard InChI is InChI=1S/C13H20FNS/c1-9(2)10(3)16-13-5-4-12(14)8-11(13)6-7-15/h4-5,8-10H,6-7,15H2,1-3H3. The highest BCUT2D eigenvalue weighted by atomic mass is 32.2. The molecule has 0 bridgehead atoms. The van der Waals surface area contributed by atoms with Crippen LogP contribution in [0.5, 0.6) is 0 Å². The van der Waals surface area contributed by atoms with E-state index in [-0.39, 0.29) is 5.82 Å². The molecule has 0 spiro atoms. The average Bonchev–Trinajstić information content (AvgIpc) is 2.22. The Morgan fingerprint density at radius 2 is 2.00 bits per heavy atom. The number of hydrogen-bond acceptors (Lipinski definition) is 2. The van der Waals surface area contributed by atoms with Crippen LogP contribution >= 0.6 is 11.8 Å². The summed E-state index contributed by atoms with van der Waals surface area (Å²) in [5.74, 6) is 0.436. The van der Waals surface area contributed by atoms with Gasteiger partial charge in [0, 0.05) is 10.1 Å². The minimum atomic E-state index is -0.176. The van der Waals surface area contributed by atoms with Crippen LogP contribution in [0.3, 0.4) is 0 Å². The molecule has 0 saturated carbocycles. The summed E-state index contributed by atoms with van der Waals surface area (Å²) >= 11 is 1.80. The van der Waals surface area contributed by atoms with Crippen molar-refractivity contribution in [3.8, 4) is 0 Å². The van der Waals surface area contributed by atoms with Crippen LogP contribution in [-0.2, 0) is 6.42 Å². The van der Waals surface area contributed by atoms with Crippen LogP contribution in [0.2, 0.25) is 0 Å². The van der Waals surface area contributed by atoms with Crippen LogP contribution in [-0.4, -0.2) is 11.8 Å². The predicted octanol–water partition coefficient (Wildman–Crippen LogP) is 3.46. The van der Waals surface area contributed by atoms with Crippen LogP contribution < -0.4 is 5.73 Å². The van der Waals surface area contributed by atoms with Gasteiger partial charge in [0.2, 0.25) is 0 Å². The SMILES string of the molecule is CC(C)C(C)Sc1ccc(F)cc1CCN. The van der Waals surface area contributed by atoms with Crippen molar-refractivity contribution in [3.05, 3.63) is 29.6 Å². The summed E-state index contributed by atoms with van der Waals surface area (Å²) in [7, 11) is 0. The molecule has 0 saturated heterocycles. The molecule has 1 aromatic rings. The van der Waals surface area contributed by atoms with Crippen LogP contribution in [0.25, 0.3) is 0 Å². The first-order chi connectivity index (χ1) is 7.54. The van der Waals surface area contributed by atoms with Crippen molar-refractivity contribution in [2.24, 2.45) is 11.7 Å². The van der Waals surface area contributed by atoms with Gasteiger partial charge in [-0.05, 0) is 42.6 Å².